The number of nitrogens with two attached hydrogens (primary N) is 1. The Morgan fingerprint density at radius 3 is 2.59 bits per heavy atom. The van der Waals surface area contributed by atoms with Crippen LogP contribution in [0, 0.1) is 0 Å². The van der Waals surface area contributed by atoms with E-state index in [2.05, 4.69) is 15.2 Å². The normalized spacial score (nSPS) is 18.2. The zero-order valence-electron chi connectivity index (χ0n) is 20.5. The molecule has 2 aliphatic heterocycles. The lowest BCUT2D eigenvalue weighted by Gasteiger charge is -2.40. The quantitative estimate of drug-likeness (QED) is 0.386. The van der Waals surface area contributed by atoms with E-state index in [1.165, 1.54) is 6.07 Å². The number of carboxylic acid groups (broad SMARTS) is 1. The van der Waals surface area contributed by atoms with Crippen LogP contribution in [0.25, 0.3) is 10.9 Å². The number of piperazine rings is 1. The number of fused-ring (bicyclic) bond motifs is 1. The van der Waals surface area contributed by atoms with Crippen molar-refractivity contribution in [2.24, 2.45) is 5.73 Å². The second-order valence-corrected chi connectivity index (χ2v) is 9.58. The Balaban J connectivity index is 1.18. The van der Waals surface area contributed by atoms with E-state index in [-0.39, 0.29) is 17.5 Å². The first-order valence-electron chi connectivity index (χ1n) is 12.5. The lowest BCUT2D eigenvalue weighted by atomic mass is 10.0. The molecule has 2 aliphatic rings. The topological polar surface area (TPSA) is 141 Å². The van der Waals surface area contributed by atoms with Crippen LogP contribution in [-0.2, 0) is 20.7 Å². The van der Waals surface area contributed by atoms with E-state index in [9.17, 15) is 19.5 Å². The summed E-state index contributed by atoms with van der Waals surface area (Å²) in [6.45, 7) is 3.42. The van der Waals surface area contributed by atoms with Gasteiger partial charge in [0.15, 0.2) is 0 Å². The van der Waals surface area contributed by atoms with Crippen molar-refractivity contribution in [2.75, 3.05) is 43.1 Å². The highest BCUT2D eigenvalue weighted by atomic mass is 16.5. The number of aromatic carboxylic acids is 1. The van der Waals surface area contributed by atoms with Gasteiger partial charge < -0.3 is 30.8 Å². The number of amides is 2. The monoisotopic (exact) mass is 505 g/mol. The average Bonchev–Trinajstić information content (AvgIpc) is 3.36. The van der Waals surface area contributed by atoms with Gasteiger partial charge in [-0.15, -0.1) is 0 Å². The van der Waals surface area contributed by atoms with Gasteiger partial charge in [0.05, 0.1) is 18.3 Å². The lowest BCUT2D eigenvalue weighted by molar-refractivity contribution is -0.122. The highest BCUT2D eigenvalue weighted by molar-refractivity contribution is 6.05. The maximum atomic E-state index is 12.9. The third-order valence-corrected chi connectivity index (χ3v) is 7.15. The molecule has 37 heavy (non-hydrogen) atoms. The van der Waals surface area contributed by atoms with Gasteiger partial charge in [0, 0.05) is 48.9 Å². The minimum Gasteiger partial charge on any atom is -0.477 e. The molecule has 0 radical (unpaired) electrons. The summed E-state index contributed by atoms with van der Waals surface area (Å²) in [4.78, 5) is 43.8. The molecule has 0 aliphatic carbocycles. The van der Waals surface area contributed by atoms with Gasteiger partial charge in [-0.3, -0.25) is 14.5 Å². The van der Waals surface area contributed by atoms with Crippen molar-refractivity contribution in [3.63, 3.8) is 0 Å². The predicted octanol–water partition coefficient (Wildman–Crippen LogP) is 2.20. The molecule has 194 valence electrons. The third-order valence-electron chi connectivity index (χ3n) is 7.15. The summed E-state index contributed by atoms with van der Waals surface area (Å²) < 4.78 is 5.44. The first kappa shape index (κ1) is 24.9. The summed E-state index contributed by atoms with van der Waals surface area (Å²) in [5.74, 6) is -1.35. The Hall–Kier alpha value is -3.73. The smallest absolute Gasteiger partial charge is 0.352 e. The Bertz CT molecular complexity index is 1300. The van der Waals surface area contributed by atoms with Crippen molar-refractivity contribution in [1.29, 1.82) is 0 Å². The molecule has 2 aromatic carbocycles. The van der Waals surface area contributed by atoms with Crippen molar-refractivity contribution >= 4 is 40.1 Å². The molecule has 0 unspecified atom stereocenters. The molecule has 3 heterocycles. The number of benzene rings is 2. The molecular weight excluding hydrogens is 474 g/mol. The van der Waals surface area contributed by atoms with Crippen molar-refractivity contribution < 1.29 is 24.2 Å². The Morgan fingerprint density at radius 1 is 1.14 bits per heavy atom. The predicted molar refractivity (Wildman–Crippen MR) is 140 cm³/mol. The molecule has 1 aromatic heterocycles. The molecule has 0 bridgehead atoms. The summed E-state index contributed by atoms with van der Waals surface area (Å²) in [6.07, 6.45) is 2.26. The van der Waals surface area contributed by atoms with E-state index >= 15 is 0 Å². The zero-order chi connectivity index (χ0) is 25.9. The number of rotatable bonds is 7. The second kappa shape index (κ2) is 10.7. The minimum atomic E-state index is -1.07. The number of nitrogens with one attached hydrogen (secondary N) is 2. The van der Waals surface area contributed by atoms with Crippen LogP contribution in [-0.4, -0.2) is 77.7 Å². The zero-order valence-corrected chi connectivity index (χ0v) is 20.5. The number of H-pyrrole nitrogens is 1. The van der Waals surface area contributed by atoms with E-state index in [0.717, 1.165) is 43.9 Å². The van der Waals surface area contributed by atoms with Gasteiger partial charge in [-0.25, -0.2) is 4.79 Å². The van der Waals surface area contributed by atoms with Crippen molar-refractivity contribution in [1.82, 2.24) is 9.88 Å². The molecule has 2 fully saturated rings. The third kappa shape index (κ3) is 5.51. The average molecular weight is 506 g/mol. The minimum absolute atomic E-state index is 0.0459. The van der Waals surface area contributed by atoms with E-state index in [0.29, 0.717) is 42.1 Å². The van der Waals surface area contributed by atoms with Crippen molar-refractivity contribution in [3.05, 3.63) is 59.8 Å². The van der Waals surface area contributed by atoms with Gasteiger partial charge in [0.2, 0.25) is 11.8 Å². The fraction of sp³-hybridized carbons (Fsp3) is 0.370. The van der Waals surface area contributed by atoms with Gasteiger partial charge >= 0.3 is 5.97 Å². The van der Waals surface area contributed by atoms with Crippen LogP contribution >= 0.6 is 0 Å². The number of aromatic amines is 1. The molecule has 5 rings (SSSR count). The van der Waals surface area contributed by atoms with E-state index in [1.54, 1.807) is 18.2 Å². The van der Waals surface area contributed by atoms with Gasteiger partial charge in [-0.2, -0.15) is 0 Å². The Morgan fingerprint density at radius 2 is 1.89 bits per heavy atom. The molecule has 1 atom stereocenters. The van der Waals surface area contributed by atoms with Crippen LogP contribution in [0.2, 0.25) is 0 Å². The fourth-order valence-electron chi connectivity index (χ4n) is 5.09. The maximum absolute atomic E-state index is 12.9. The number of hydrogen-bond acceptors (Lipinski definition) is 6. The second-order valence-electron chi connectivity index (χ2n) is 9.58. The van der Waals surface area contributed by atoms with Gasteiger partial charge in [0.1, 0.15) is 5.69 Å². The van der Waals surface area contributed by atoms with Crippen molar-refractivity contribution in [2.45, 2.75) is 31.3 Å². The van der Waals surface area contributed by atoms with Crippen LogP contribution in [0.4, 0.5) is 11.4 Å². The van der Waals surface area contributed by atoms with Gasteiger partial charge in [-0.1, -0.05) is 18.2 Å². The van der Waals surface area contributed by atoms with Crippen LogP contribution in [0.3, 0.4) is 0 Å². The first-order valence-corrected chi connectivity index (χ1v) is 12.5. The number of anilines is 2. The number of carbonyl (C=O) groups is 3. The molecule has 2 saturated heterocycles. The first-order chi connectivity index (χ1) is 17.9. The highest BCUT2D eigenvalue weighted by Crippen LogP contribution is 2.25. The molecule has 10 heteroatoms. The van der Waals surface area contributed by atoms with Crippen LogP contribution < -0.4 is 16.0 Å². The van der Waals surface area contributed by atoms with Gasteiger partial charge in [0.25, 0.3) is 0 Å². The number of hydrogen-bond donors (Lipinski definition) is 4. The highest BCUT2D eigenvalue weighted by Gasteiger charge is 2.30. The van der Waals surface area contributed by atoms with Gasteiger partial charge in [-0.05, 0) is 55.2 Å². The maximum Gasteiger partial charge on any atom is 0.352 e. The molecular formula is C27H31N5O5. The molecule has 0 spiro atoms. The summed E-state index contributed by atoms with van der Waals surface area (Å²) in [5.41, 5.74) is 9.07. The van der Waals surface area contributed by atoms with E-state index < -0.39 is 12.0 Å². The van der Waals surface area contributed by atoms with E-state index in [1.807, 2.05) is 29.2 Å². The van der Waals surface area contributed by atoms with E-state index in [4.69, 9.17) is 10.5 Å². The van der Waals surface area contributed by atoms with Crippen LogP contribution in [0.5, 0.6) is 0 Å². The van der Waals surface area contributed by atoms with Crippen LogP contribution in [0.1, 0.15) is 28.9 Å². The summed E-state index contributed by atoms with van der Waals surface area (Å²) in [5, 5.41) is 12.6. The number of ether oxygens (including phenoxy) is 1. The molecule has 3 aromatic rings. The largest absolute Gasteiger partial charge is 0.477 e. The molecule has 0 saturated carbocycles. The molecule has 2 amide bonds. The van der Waals surface area contributed by atoms with Crippen molar-refractivity contribution in [3.8, 4) is 0 Å². The number of carbonyl (C=O) groups excluding carboxylic acids is 2. The standard InChI is InChI=1S/C27H31N5O5/c28-21(26(34)30-23-3-1-2-22-20(23)15-24(29-22)27(35)36)14-17-4-6-19(7-5-17)32-11-10-31(16-25(32)33)18-8-12-37-13-9-18/h1-7,15,18,21,29H,8-14,16,28H2,(H,30,34)(H,35,36)/t21-/m0/s1. The molecule has 10 nitrogen and oxygen atoms in total. The Kier molecular flexibility index (Phi) is 7.22. The Labute approximate surface area is 214 Å². The SMILES string of the molecule is N[C@@H](Cc1ccc(N2CCN(C3CCOCC3)CC2=O)cc1)C(=O)Nc1cccc2[nH]c(C(=O)O)cc12. The number of carboxylic acids is 1. The number of nitrogens with zero attached hydrogens (tertiary/aromatic N) is 2. The molecule has 5 N–H and O–H groups in total. The summed E-state index contributed by atoms with van der Waals surface area (Å²) >= 11 is 0. The van der Waals surface area contributed by atoms with Crippen LogP contribution in [0.15, 0.2) is 48.5 Å². The lowest BCUT2D eigenvalue weighted by Crippen LogP contribution is -2.54. The summed E-state index contributed by atoms with van der Waals surface area (Å²) in [7, 11) is 0. The number of aromatic nitrogens is 1. The fourth-order valence-corrected chi connectivity index (χ4v) is 5.09. The summed E-state index contributed by atoms with van der Waals surface area (Å²) in [6, 6.07) is 13.9.